The molecule has 1 N–H and O–H groups in total. The fourth-order valence-corrected chi connectivity index (χ4v) is 2.93. The van der Waals surface area contributed by atoms with Gasteiger partial charge in [-0.05, 0) is 42.0 Å². The number of hydrogen-bond acceptors (Lipinski definition) is 3. The molecule has 0 aliphatic heterocycles. The summed E-state index contributed by atoms with van der Waals surface area (Å²) in [7, 11) is 0. The maximum atomic E-state index is 12.2. The van der Waals surface area contributed by atoms with Gasteiger partial charge in [-0.3, -0.25) is 4.79 Å². The van der Waals surface area contributed by atoms with Crippen LogP contribution in [0.4, 0.5) is 0 Å². The van der Waals surface area contributed by atoms with Crippen molar-refractivity contribution in [3.05, 3.63) is 73.2 Å². The zero-order valence-electron chi connectivity index (χ0n) is 11.7. The van der Waals surface area contributed by atoms with Crippen molar-refractivity contribution in [1.82, 2.24) is 9.97 Å². The molecule has 3 aromatic rings. The summed E-state index contributed by atoms with van der Waals surface area (Å²) in [6.45, 7) is 0. The Morgan fingerprint density at radius 1 is 1.17 bits per heavy atom. The lowest BCUT2D eigenvalue weighted by atomic mass is 10.1. The molecule has 6 heteroatoms. The number of nitrogens with one attached hydrogen (secondary N) is 1. The maximum absolute atomic E-state index is 12.2. The normalized spacial score (nSPS) is 11.4. The summed E-state index contributed by atoms with van der Waals surface area (Å²) in [5.41, 5.74) is 1.41. The number of benzene rings is 2. The van der Waals surface area contributed by atoms with Gasteiger partial charge in [0.25, 0.3) is 5.56 Å². The molecule has 2 aromatic carbocycles. The number of aromatic nitrogens is 2. The van der Waals surface area contributed by atoms with E-state index in [-0.39, 0.29) is 11.4 Å². The molecule has 1 heterocycles. The molecule has 0 spiro atoms. The first-order valence-corrected chi connectivity index (χ1v) is 8.23. The number of halogens is 2. The Kier molecular flexibility index (Phi) is 4.42. The second kappa shape index (κ2) is 6.49. The van der Waals surface area contributed by atoms with Crippen molar-refractivity contribution in [2.45, 2.75) is 0 Å². The van der Waals surface area contributed by atoms with E-state index in [9.17, 15) is 10.1 Å². The van der Waals surface area contributed by atoms with Crippen LogP contribution in [0.2, 0.25) is 0 Å². The van der Waals surface area contributed by atoms with Crippen LogP contribution in [0, 0.1) is 11.3 Å². The number of allylic oxidation sites excluding steroid dienone is 1. The van der Waals surface area contributed by atoms with Crippen LogP contribution in [0.5, 0.6) is 0 Å². The van der Waals surface area contributed by atoms with Crippen LogP contribution < -0.4 is 5.56 Å². The van der Waals surface area contributed by atoms with Crippen LogP contribution in [-0.2, 0) is 0 Å². The third-order valence-corrected chi connectivity index (χ3v) is 4.19. The molecule has 0 radical (unpaired) electrons. The Morgan fingerprint density at radius 3 is 2.70 bits per heavy atom. The van der Waals surface area contributed by atoms with E-state index in [0.29, 0.717) is 16.5 Å². The number of fused-ring (bicyclic) bond motifs is 1. The molecule has 0 saturated heterocycles. The van der Waals surface area contributed by atoms with E-state index >= 15 is 0 Å². The highest BCUT2D eigenvalue weighted by molar-refractivity contribution is 9.10. The molecule has 3 rings (SSSR count). The molecule has 23 heavy (non-hydrogen) atoms. The Balaban J connectivity index is 2.16. The number of nitrogens with zero attached hydrogens (tertiary/aromatic N) is 2. The second-order valence-corrected chi connectivity index (χ2v) is 6.63. The molecule has 112 valence electrons. The number of H-pyrrole nitrogens is 1. The van der Waals surface area contributed by atoms with Gasteiger partial charge >= 0.3 is 0 Å². The molecular formula is C17H9Br2N3O. The average molecular weight is 431 g/mol. The van der Waals surface area contributed by atoms with Crippen molar-refractivity contribution in [1.29, 1.82) is 5.26 Å². The molecule has 0 saturated carbocycles. The molecule has 0 aliphatic carbocycles. The average Bonchev–Trinajstić information content (AvgIpc) is 2.53. The number of rotatable bonds is 2. The zero-order valence-corrected chi connectivity index (χ0v) is 14.8. The van der Waals surface area contributed by atoms with Gasteiger partial charge in [0.1, 0.15) is 6.07 Å². The van der Waals surface area contributed by atoms with Crippen molar-refractivity contribution in [3.8, 4) is 6.07 Å². The summed E-state index contributed by atoms with van der Waals surface area (Å²) in [6.07, 6.45) is 1.69. The van der Waals surface area contributed by atoms with Gasteiger partial charge in [0, 0.05) is 8.95 Å². The summed E-state index contributed by atoms with van der Waals surface area (Å²) >= 11 is 6.72. The summed E-state index contributed by atoms with van der Waals surface area (Å²) in [6, 6.07) is 14.9. The topological polar surface area (TPSA) is 69.5 Å². The van der Waals surface area contributed by atoms with E-state index in [2.05, 4.69) is 47.9 Å². The standard InChI is InChI=1S/C17H9Br2N3O/c18-12-3-1-2-10(7-12)6-11(9-20)16-21-15-5-4-13(19)8-14(15)17(23)22-16/h1-8H,(H,21,22,23)/b11-6+. The molecule has 0 fully saturated rings. The molecule has 4 nitrogen and oxygen atoms in total. The van der Waals surface area contributed by atoms with Crippen molar-refractivity contribution >= 4 is 54.4 Å². The van der Waals surface area contributed by atoms with E-state index < -0.39 is 0 Å². The zero-order chi connectivity index (χ0) is 16.4. The smallest absolute Gasteiger partial charge is 0.259 e. The van der Waals surface area contributed by atoms with Gasteiger partial charge in [0.05, 0.1) is 16.5 Å². The number of aromatic amines is 1. The number of hydrogen-bond donors (Lipinski definition) is 1. The highest BCUT2D eigenvalue weighted by Gasteiger charge is 2.09. The molecular weight excluding hydrogens is 422 g/mol. The lowest BCUT2D eigenvalue weighted by Crippen LogP contribution is -2.11. The van der Waals surface area contributed by atoms with Crippen LogP contribution in [0.15, 0.2) is 56.2 Å². The Hall–Kier alpha value is -2.23. The Morgan fingerprint density at radius 2 is 1.96 bits per heavy atom. The lowest BCUT2D eigenvalue weighted by molar-refractivity contribution is 1.13. The van der Waals surface area contributed by atoms with E-state index in [1.807, 2.05) is 30.3 Å². The first-order valence-electron chi connectivity index (χ1n) is 6.64. The molecule has 0 amide bonds. The van der Waals surface area contributed by atoms with Gasteiger partial charge in [-0.2, -0.15) is 5.26 Å². The van der Waals surface area contributed by atoms with E-state index in [0.717, 1.165) is 14.5 Å². The van der Waals surface area contributed by atoms with E-state index in [1.165, 1.54) is 0 Å². The fourth-order valence-electron chi connectivity index (χ4n) is 2.16. The van der Waals surface area contributed by atoms with Crippen molar-refractivity contribution in [3.63, 3.8) is 0 Å². The summed E-state index contributed by atoms with van der Waals surface area (Å²) < 4.78 is 1.71. The van der Waals surface area contributed by atoms with Crippen LogP contribution in [0.3, 0.4) is 0 Å². The highest BCUT2D eigenvalue weighted by atomic mass is 79.9. The summed E-state index contributed by atoms with van der Waals surface area (Å²) in [4.78, 5) is 19.3. The van der Waals surface area contributed by atoms with Gasteiger partial charge in [0.15, 0.2) is 5.82 Å². The van der Waals surface area contributed by atoms with Crippen molar-refractivity contribution < 1.29 is 0 Å². The maximum Gasteiger partial charge on any atom is 0.259 e. The molecule has 0 unspecified atom stereocenters. The molecule has 0 bridgehead atoms. The minimum absolute atomic E-state index is 0.257. The summed E-state index contributed by atoms with van der Waals surface area (Å²) in [5, 5.41) is 9.89. The summed E-state index contributed by atoms with van der Waals surface area (Å²) in [5.74, 6) is 0.257. The lowest BCUT2D eigenvalue weighted by Gasteiger charge is -2.03. The predicted octanol–water partition coefficient (Wildman–Crippen LogP) is 4.51. The predicted molar refractivity (Wildman–Crippen MR) is 97.7 cm³/mol. The van der Waals surface area contributed by atoms with Gasteiger partial charge in [-0.15, -0.1) is 0 Å². The largest absolute Gasteiger partial charge is 0.305 e. The van der Waals surface area contributed by atoms with E-state index in [1.54, 1.807) is 18.2 Å². The Labute approximate surface area is 148 Å². The van der Waals surface area contributed by atoms with Crippen LogP contribution in [-0.4, -0.2) is 9.97 Å². The van der Waals surface area contributed by atoms with Crippen molar-refractivity contribution in [2.75, 3.05) is 0 Å². The quantitative estimate of drug-likeness (QED) is 0.608. The van der Waals surface area contributed by atoms with Crippen LogP contribution in [0.25, 0.3) is 22.6 Å². The van der Waals surface area contributed by atoms with Crippen molar-refractivity contribution in [2.24, 2.45) is 0 Å². The molecule has 1 aromatic heterocycles. The first-order chi connectivity index (χ1) is 11.1. The highest BCUT2D eigenvalue weighted by Crippen LogP contribution is 2.20. The van der Waals surface area contributed by atoms with Gasteiger partial charge in [-0.1, -0.05) is 44.0 Å². The van der Waals surface area contributed by atoms with Gasteiger partial charge in [0.2, 0.25) is 0 Å². The minimum atomic E-state index is -0.276. The first kappa shape index (κ1) is 15.7. The Bertz CT molecular complexity index is 1030. The fraction of sp³-hybridized carbons (Fsp3) is 0. The third-order valence-electron chi connectivity index (χ3n) is 3.20. The number of nitriles is 1. The minimum Gasteiger partial charge on any atom is -0.305 e. The van der Waals surface area contributed by atoms with E-state index in [4.69, 9.17) is 0 Å². The van der Waals surface area contributed by atoms with Crippen LogP contribution >= 0.6 is 31.9 Å². The second-order valence-electron chi connectivity index (χ2n) is 4.80. The SMILES string of the molecule is N#C/C(=C\c1cccc(Br)c1)c1nc2ccc(Br)cc2c(=O)[nH]1. The van der Waals surface area contributed by atoms with Gasteiger partial charge in [-0.25, -0.2) is 4.98 Å². The van der Waals surface area contributed by atoms with Gasteiger partial charge < -0.3 is 4.98 Å². The molecule has 0 aliphatic rings. The van der Waals surface area contributed by atoms with Crippen LogP contribution in [0.1, 0.15) is 11.4 Å². The monoisotopic (exact) mass is 429 g/mol. The molecule has 0 atom stereocenters. The third kappa shape index (κ3) is 3.41.